The SMILES string of the molecule is CCOc1ccc(/C=N/Nc2nnc(SCC(=O)Nc3cccc(Cl)c3)n2N)cc1. The maximum absolute atomic E-state index is 12.1. The standard InChI is InChI=1S/C19H20ClN7O2S/c1-2-29-16-8-6-13(7-9-16)11-22-24-18-25-26-19(27(18)21)30-12-17(28)23-15-5-3-4-14(20)10-15/h3-11H,2,12,21H2,1H3,(H,23,28)(H,24,25)/b22-11+. The van der Waals surface area contributed by atoms with Crippen molar-refractivity contribution in [3.63, 3.8) is 0 Å². The van der Waals surface area contributed by atoms with Gasteiger partial charge in [0.2, 0.25) is 11.1 Å². The van der Waals surface area contributed by atoms with Crippen molar-refractivity contribution >= 4 is 47.1 Å². The van der Waals surface area contributed by atoms with Gasteiger partial charge < -0.3 is 15.9 Å². The molecular formula is C19H20ClN7O2S. The van der Waals surface area contributed by atoms with Crippen molar-refractivity contribution in [3.8, 4) is 5.75 Å². The van der Waals surface area contributed by atoms with Crippen LogP contribution in [0, 0.1) is 0 Å². The monoisotopic (exact) mass is 445 g/mol. The van der Waals surface area contributed by atoms with Crippen molar-refractivity contribution in [1.29, 1.82) is 0 Å². The Kier molecular flexibility index (Phi) is 7.52. The van der Waals surface area contributed by atoms with Gasteiger partial charge in [-0.25, -0.2) is 10.1 Å². The molecule has 1 heterocycles. The van der Waals surface area contributed by atoms with Gasteiger partial charge in [-0.3, -0.25) is 4.79 Å². The number of nitrogen functional groups attached to an aromatic ring is 1. The lowest BCUT2D eigenvalue weighted by atomic mass is 10.2. The number of nitrogens with one attached hydrogen (secondary N) is 2. The quantitative estimate of drug-likeness (QED) is 0.200. The van der Waals surface area contributed by atoms with Crippen LogP contribution in [0.25, 0.3) is 0 Å². The molecule has 1 aromatic heterocycles. The Labute approximate surface area is 182 Å². The van der Waals surface area contributed by atoms with E-state index in [1.165, 1.54) is 4.68 Å². The molecule has 0 spiro atoms. The van der Waals surface area contributed by atoms with Crippen LogP contribution in [0.1, 0.15) is 12.5 Å². The van der Waals surface area contributed by atoms with E-state index in [9.17, 15) is 4.79 Å². The predicted octanol–water partition coefficient (Wildman–Crippen LogP) is 3.22. The van der Waals surface area contributed by atoms with Crippen molar-refractivity contribution in [2.45, 2.75) is 12.1 Å². The number of carbonyl (C=O) groups is 1. The van der Waals surface area contributed by atoms with E-state index >= 15 is 0 Å². The molecule has 11 heteroatoms. The van der Waals surface area contributed by atoms with E-state index in [1.807, 2.05) is 31.2 Å². The lowest BCUT2D eigenvalue weighted by molar-refractivity contribution is -0.113. The van der Waals surface area contributed by atoms with Gasteiger partial charge in [0.1, 0.15) is 5.75 Å². The highest BCUT2D eigenvalue weighted by Crippen LogP contribution is 2.19. The number of ether oxygens (including phenoxy) is 1. The van der Waals surface area contributed by atoms with Crippen molar-refractivity contribution in [3.05, 3.63) is 59.1 Å². The number of nitrogens with zero attached hydrogens (tertiary/aromatic N) is 4. The normalized spacial score (nSPS) is 10.9. The molecule has 1 amide bonds. The van der Waals surface area contributed by atoms with E-state index in [-0.39, 0.29) is 17.6 Å². The highest BCUT2D eigenvalue weighted by molar-refractivity contribution is 7.99. The molecule has 30 heavy (non-hydrogen) atoms. The zero-order valence-corrected chi connectivity index (χ0v) is 17.7. The Morgan fingerprint density at radius 2 is 2.10 bits per heavy atom. The molecule has 0 aliphatic carbocycles. The number of hydrogen-bond acceptors (Lipinski definition) is 8. The molecule has 4 N–H and O–H groups in total. The third-order valence-corrected chi connectivity index (χ3v) is 4.85. The first-order chi connectivity index (χ1) is 14.5. The van der Waals surface area contributed by atoms with Gasteiger partial charge in [-0.1, -0.05) is 29.4 Å². The summed E-state index contributed by atoms with van der Waals surface area (Å²) in [7, 11) is 0. The van der Waals surface area contributed by atoms with Crippen LogP contribution in [0.2, 0.25) is 5.02 Å². The fraction of sp³-hybridized carbons (Fsp3) is 0.158. The minimum absolute atomic E-state index is 0.108. The number of amides is 1. The van der Waals surface area contributed by atoms with Crippen LogP contribution in [0.15, 0.2) is 58.8 Å². The Balaban J connectivity index is 1.50. The van der Waals surface area contributed by atoms with Gasteiger partial charge in [0.05, 0.1) is 18.6 Å². The van der Waals surface area contributed by atoms with E-state index in [4.69, 9.17) is 22.2 Å². The summed E-state index contributed by atoms with van der Waals surface area (Å²) in [6.45, 7) is 2.55. The third kappa shape index (κ3) is 6.13. The topological polar surface area (TPSA) is 119 Å². The Morgan fingerprint density at radius 1 is 1.30 bits per heavy atom. The molecule has 3 rings (SSSR count). The van der Waals surface area contributed by atoms with Crippen LogP contribution in [-0.2, 0) is 4.79 Å². The zero-order chi connectivity index (χ0) is 21.3. The number of rotatable bonds is 9. The Morgan fingerprint density at radius 3 is 2.83 bits per heavy atom. The van der Waals surface area contributed by atoms with E-state index in [0.717, 1.165) is 23.1 Å². The first-order valence-electron chi connectivity index (χ1n) is 8.96. The van der Waals surface area contributed by atoms with Gasteiger partial charge in [-0.2, -0.15) is 5.10 Å². The maximum atomic E-state index is 12.1. The van der Waals surface area contributed by atoms with Gasteiger partial charge in [0.15, 0.2) is 0 Å². The van der Waals surface area contributed by atoms with Crippen LogP contribution < -0.4 is 21.3 Å². The lowest BCUT2D eigenvalue weighted by Crippen LogP contribution is -2.16. The molecule has 0 bridgehead atoms. The summed E-state index contributed by atoms with van der Waals surface area (Å²) < 4.78 is 6.63. The lowest BCUT2D eigenvalue weighted by Gasteiger charge is -2.05. The molecule has 0 aliphatic rings. The molecule has 0 unspecified atom stereocenters. The number of anilines is 2. The van der Waals surface area contributed by atoms with Gasteiger partial charge in [-0.15, -0.1) is 10.2 Å². The summed E-state index contributed by atoms with van der Waals surface area (Å²) in [5.74, 6) is 6.90. The molecule has 0 saturated carbocycles. The van der Waals surface area contributed by atoms with Crippen LogP contribution in [-0.4, -0.2) is 39.4 Å². The number of halogens is 1. The van der Waals surface area contributed by atoms with Crippen LogP contribution in [0.4, 0.5) is 11.6 Å². The largest absolute Gasteiger partial charge is 0.494 e. The molecule has 2 aromatic carbocycles. The first kappa shape index (κ1) is 21.5. The van der Waals surface area contributed by atoms with Gasteiger partial charge in [0, 0.05) is 10.7 Å². The van der Waals surface area contributed by atoms with Crippen LogP contribution >= 0.6 is 23.4 Å². The highest BCUT2D eigenvalue weighted by Gasteiger charge is 2.12. The third-order valence-electron chi connectivity index (χ3n) is 3.67. The second-order valence-electron chi connectivity index (χ2n) is 5.90. The average molecular weight is 446 g/mol. The van der Waals surface area contributed by atoms with E-state index < -0.39 is 0 Å². The summed E-state index contributed by atoms with van der Waals surface area (Å²) >= 11 is 7.06. The van der Waals surface area contributed by atoms with E-state index in [0.29, 0.717) is 22.5 Å². The molecular weight excluding hydrogens is 426 g/mol. The summed E-state index contributed by atoms with van der Waals surface area (Å²) in [4.78, 5) is 12.1. The van der Waals surface area contributed by atoms with Crippen molar-refractivity contribution in [1.82, 2.24) is 14.9 Å². The Bertz CT molecular complexity index is 1020. The van der Waals surface area contributed by atoms with Crippen LogP contribution in [0.5, 0.6) is 5.75 Å². The smallest absolute Gasteiger partial charge is 0.264 e. The number of hydrazone groups is 1. The number of thioether (sulfide) groups is 1. The molecule has 9 nitrogen and oxygen atoms in total. The number of nitrogens with two attached hydrogens (primary N) is 1. The highest BCUT2D eigenvalue weighted by atomic mass is 35.5. The number of hydrogen-bond donors (Lipinski definition) is 3. The summed E-state index contributed by atoms with van der Waals surface area (Å²) in [5.41, 5.74) is 4.22. The number of benzene rings is 2. The average Bonchev–Trinajstić information content (AvgIpc) is 3.08. The van der Waals surface area contributed by atoms with E-state index in [2.05, 4.69) is 26.0 Å². The molecule has 3 aromatic rings. The molecule has 0 radical (unpaired) electrons. The van der Waals surface area contributed by atoms with Gasteiger partial charge >= 0.3 is 0 Å². The van der Waals surface area contributed by atoms with Crippen molar-refractivity contribution in [2.24, 2.45) is 5.10 Å². The minimum Gasteiger partial charge on any atom is -0.494 e. The molecule has 0 saturated heterocycles. The van der Waals surface area contributed by atoms with E-state index in [1.54, 1.807) is 30.5 Å². The Hall–Kier alpha value is -3.24. The summed E-state index contributed by atoms with van der Waals surface area (Å²) in [5, 5.41) is 15.7. The molecule has 0 fully saturated rings. The van der Waals surface area contributed by atoms with Crippen molar-refractivity contribution in [2.75, 3.05) is 28.9 Å². The van der Waals surface area contributed by atoms with Gasteiger partial charge in [0.25, 0.3) is 5.95 Å². The van der Waals surface area contributed by atoms with Gasteiger partial charge in [-0.05, 0) is 55.0 Å². The summed E-state index contributed by atoms with van der Waals surface area (Å²) in [6, 6.07) is 14.4. The minimum atomic E-state index is -0.215. The zero-order valence-electron chi connectivity index (χ0n) is 16.1. The maximum Gasteiger partial charge on any atom is 0.264 e. The second-order valence-corrected chi connectivity index (χ2v) is 7.27. The predicted molar refractivity (Wildman–Crippen MR) is 120 cm³/mol. The molecule has 0 atom stereocenters. The second kappa shape index (κ2) is 10.5. The fourth-order valence-corrected chi connectivity index (χ4v) is 3.17. The molecule has 0 aliphatic heterocycles. The fourth-order valence-electron chi connectivity index (χ4n) is 2.33. The van der Waals surface area contributed by atoms with Crippen LogP contribution in [0.3, 0.4) is 0 Å². The molecule has 156 valence electrons. The first-order valence-corrected chi connectivity index (χ1v) is 10.3. The summed E-state index contributed by atoms with van der Waals surface area (Å²) in [6.07, 6.45) is 1.62. The number of carbonyl (C=O) groups excluding carboxylic acids is 1. The van der Waals surface area contributed by atoms with Crippen molar-refractivity contribution < 1.29 is 9.53 Å². The number of aromatic nitrogens is 3.